The summed E-state index contributed by atoms with van der Waals surface area (Å²) in [4.78, 5) is 24.0. The van der Waals surface area contributed by atoms with Crippen LogP contribution in [0.2, 0.25) is 0 Å². The second-order valence-corrected chi connectivity index (χ2v) is 7.02. The minimum absolute atomic E-state index is 0.00340. The molecule has 0 saturated heterocycles. The van der Waals surface area contributed by atoms with Crippen LogP contribution in [0.1, 0.15) is 18.4 Å². The molecule has 1 amide bonds. The van der Waals surface area contributed by atoms with Gasteiger partial charge in [0.15, 0.2) is 0 Å². The van der Waals surface area contributed by atoms with Gasteiger partial charge in [-0.05, 0) is 48.7 Å². The second kappa shape index (κ2) is 8.07. The molecule has 2 aromatic rings. The SMILES string of the molecule is O=C(O)CCCOc1ccc(NC(=O)C2Cc3ccccc3S2)cc1. The third-order valence-corrected chi connectivity index (χ3v) is 5.18. The van der Waals surface area contributed by atoms with Crippen molar-refractivity contribution < 1.29 is 19.4 Å². The number of carbonyl (C=O) groups is 2. The Bertz CT molecular complexity index is 735. The monoisotopic (exact) mass is 357 g/mol. The molecule has 2 N–H and O–H groups in total. The second-order valence-electron chi connectivity index (χ2n) is 5.78. The summed E-state index contributed by atoms with van der Waals surface area (Å²) in [6, 6.07) is 15.2. The number of amides is 1. The Kier molecular flexibility index (Phi) is 5.60. The van der Waals surface area contributed by atoms with Gasteiger partial charge in [0.1, 0.15) is 5.75 Å². The fourth-order valence-corrected chi connectivity index (χ4v) is 3.79. The molecule has 0 radical (unpaired) electrons. The number of thioether (sulfide) groups is 1. The van der Waals surface area contributed by atoms with E-state index < -0.39 is 5.97 Å². The molecule has 0 fully saturated rings. The van der Waals surface area contributed by atoms with Crippen molar-refractivity contribution in [2.45, 2.75) is 29.4 Å². The van der Waals surface area contributed by atoms with Crippen molar-refractivity contribution in [3.8, 4) is 5.75 Å². The molecule has 2 aromatic carbocycles. The van der Waals surface area contributed by atoms with Crippen molar-refractivity contribution in [1.29, 1.82) is 0 Å². The zero-order chi connectivity index (χ0) is 17.6. The number of carboxylic acid groups (broad SMARTS) is 1. The molecule has 1 atom stereocenters. The van der Waals surface area contributed by atoms with Crippen LogP contribution in [0, 0.1) is 0 Å². The maximum absolute atomic E-state index is 12.4. The molecule has 1 unspecified atom stereocenters. The number of carboxylic acids is 1. The van der Waals surface area contributed by atoms with Crippen LogP contribution in [0.5, 0.6) is 5.75 Å². The van der Waals surface area contributed by atoms with Crippen molar-refractivity contribution in [3.63, 3.8) is 0 Å². The topological polar surface area (TPSA) is 75.6 Å². The first kappa shape index (κ1) is 17.4. The van der Waals surface area contributed by atoms with Crippen LogP contribution in [0.15, 0.2) is 53.4 Å². The van der Waals surface area contributed by atoms with E-state index in [0.717, 1.165) is 12.1 Å². The van der Waals surface area contributed by atoms with E-state index in [1.807, 2.05) is 18.2 Å². The van der Waals surface area contributed by atoms with Gasteiger partial charge in [0.05, 0.1) is 11.9 Å². The maximum atomic E-state index is 12.4. The number of rotatable bonds is 7. The first-order valence-electron chi connectivity index (χ1n) is 8.12. The summed E-state index contributed by atoms with van der Waals surface area (Å²) in [5.74, 6) is -0.170. The van der Waals surface area contributed by atoms with Crippen LogP contribution in [-0.4, -0.2) is 28.8 Å². The van der Waals surface area contributed by atoms with E-state index >= 15 is 0 Å². The number of carbonyl (C=O) groups excluding carboxylic acids is 1. The first-order valence-corrected chi connectivity index (χ1v) is 9.00. The van der Waals surface area contributed by atoms with Crippen molar-refractivity contribution in [1.82, 2.24) is 0 Å². The number of aliphatic carboxylic acids is 1. The van der Waals surface area contributed by atoms with Crippen molar-refractivity contribution in [2.75, 3.05) is 11.9 Å². The van der Waals surface area contributed by atoms with Crippen LogP contribution in [0.25, 0.3) is 0 Å². The third kappa shape index (κ3) is 4.76. The van der Waals surface area contributed by atoms with Crippen molar-refractivity contribution in [3.05, 3.63) is 54.1 Å². The van der Waals surface area contributed by atoms with Crippen molar-refractivity contribution >= 4 is 29.3 Å². The van der Waals surface area contributed by atoms with E-state index in [1.165, 1.54) is 10.5 Å². The summed E-state index contributed by atoms with van der Waals surface area (Å²) in [7, 11) is 0. The molecule has 1 aliphatic heterocycles. The Hall–Kier alpha value is -2.47. The number of nitrogens with one attached hydrogen (secondary N) is 1. The van der Waals surface area contributed by atoms with E-state index in [-0.39, 0.29) is 17.6 Å². The smallest absolute Gasteiger partial charge is 0.303 e. The largest absolute Gasteiger partial charge is 0.494 e. The zero-order valence-electron chi connectivity index (χ0n) is 13.6. The molecular formula is C19H19NO4S. The highest BCUT2D eigenvalue weighted by atomic mass is 32.2. The van der Waals surface area contributed by atoms with Gasteiger partial charge in [-0.25, -0.2) is 0 Å². The summed E-state index contributed by atoms with van der Waals surface area (Å²) in [6.45, 7) is 0.356. The minimum atomic E-state index is -0.825. The Morgan fingerprint density at radius 1 is 1.16 bits per heavy atom. The molecular weight excluding hydrogens is 338 g/mol. The van der Waals surface area contributed by atoms with Crippen LogP contribution in [-0.2, 0) is 16.0 Å². The van der Waals surface area contributed by atoms with Gasteiger partial charge in [-0.3, -0.25) is 9.59 Å². The Morgan fingerprint density at radius 2 is 1.92 bits per heavy atom. The lowest BCUT2D eigenvalue weighted by atomic mass is 10.1. The predicted octanol–water partition coefficient (Wildman–Crippen LogP) is 3.59. The molecule has 0 aliphatic carbocycles. The Labute approximate surface area is 150 Å². The molecule has 5 nitrogen and oxygen atoms in total. The molecule has 130 valence electrons. The predicted molar refractivity (Wildman–Crippen MR) is 97.2 cm³/mol. The summed E-state index contributed by atoms with van der Waals surface area (Å²) >= 11 is 1.60. The van der Waals surface area contributed by atoms with Gasteiger partial charge in [-0.15, -0.1) is 11.8 Å². The molecule has 1 heterocycles. The highest BCUT2D eigenvalue weighted by Crippen LogP contribution is 2.37. The Morgan fingerprint density at radius 3 is 2.64 bits per heavy atom. The van der Waals surface area contributed by atoms with Gasteiger partial charge < -0.3 is 15.2 Å². The van der Waals surface area contributed by atoms with Crippen molar-refractivity contribution in [2.24, 2.45) is 0 Å². The average molecular weight is 357 g/mol. The van der Waals surface area contributed by atoms with Gasteiger partial charge in [0.2, 0.25) is 5.91 Å². The molecule has 25 heavy (non-hydrogen) atoms. The number of anilines is 1. The number of ether oxygens (including phenoxy) is 1. The van der Waals surface area contributed by atoms with E-state index in [1.54, 1.807) is 36.0 Å². The number of benzene rings is 2. The summed E-state index contributed by atoms with van der Waals surface area (Å²) < 4.78 is 5.48. The van der Waals surface area contributed by atoms with Crippen LogP contribution >= 0.6 is 11.8 Å². The van der Waals surface area contributed by atoms with E-state index in [0.29, 0.717) is 18.8 Å². The molecule has 0 bridgehead atoms. The third-order valence-electron chi connectivity index (χ3n) is 3.87. The van der Waals surface area contributed by atoms with Gasteiger partial charge >= 0.3 is 5.97 Å². The van der Waals surface area contributed by atoms with Crippen LogP contribution in [0.4, 0.5) is 5.69 Å². The lowest BCUT2D eigenvalue weighted by Gasteiger charge is -2.11. The quantitative estimate of drug-likeness (QED) is 0.741. The molecule has 6 heteroatoms. The van der Waals surface area contributed by atoms with Gasteiger partial charge in [0.25, 0.3) is 0 Å². The first-order chi connectivity index (χ1) is 12.1. The number of hydrogen-bond donors (Lipinski definition) is 2. The fraction of sp³-hybridized carbons (Fsp3) is 0.263. The highest BCUT2D eigenvalue weighted by molar-refractivity contribution is 8.01. The molecule has 0 spiro atoms. The van der Waals surface area contributed by atoms with E-state index in [2.05, 4.69) is 11.4 Å². The zero-order valence-corrected chi connectivity index (χ0v) is 14.4. The molecule has 3 rings (SSSR count). The minimum Gasteiger partial charge on any atom is -0.494 e. The normalized spacial score (nSPS) is 15.4. The highest BCUT2D eigenvalue weighted by Gasteiger charge is 2.27. The van der Waals surface area contributed by atoms with Gasteiger partial charge in [-0.1, -0.05) is 18.2 Å². The Balaban J connectivity index is 1.48. The fourth-order valence-electron chi connectivity index (χ4n) is 2.60. The van der Waals surface area contributed by atoms with Crippen LogP contribution in [0.3, 0.4) is 0 Å². The number of hydrogen-bond acceptors (Lipinski definition) is 4. The standard InChI is InChI=1S/C19H19NO4S/c21-18(22)6-3-11-24-15-9-7-14(8-10-15)20-19(23)17-12-13-4-1-2-5-16(13)25-17/h1-2,4-5,7-10,17H,3,6,11-12H2,(H,20,23)(H,21,22). The van der Waals surface area contributed by atoms with E-state index in [9.17, 15) is 9.59 Å². The molecule has 0 saturated carbocycles. The molecule has 1 aliphatic rings. The lowest BCUT2D eigenvalue weighted by Crippen LogP contribution is -2.24. The summed E-state index contributed by atoms with van der Waals surface area (Å²) in [5, 5.41) is 11.4. The summed E-state index contributed by atoms with van der Waals surface area (Å²) in [5.41, 5.74) is 1.94. The van der Waals surface area contributed by atoms with Crippen LogP contribution < -0.4 is 10.1 Å². The summed E-state index contributed by atoms with van der Waals surface area (Å²) in [6.07, 6.45) is 1.31. The van der Waals surface area contributed by atoms with Gasteiger partial charge in [-0.2, -0.15) is 0 Å². The average Bonchev–Trinajstić information content (AvgIpc) is 3.04. The molecule has 0 aromatic heterocycles. The van der Waals surface area contributed by atoms with E-state index in [4.69, 9.17) is 9.84 Å². The maximum Gasteiger partial charge on any atom is 0.303 e. The van der Waals surface area contributed by atoms with Gasteiger partial charge in [0, 0.05) is 17.0 Å². The lowest BCUT2D eigenvalue weighted by molar-refractivity contribution is -0.137. The number of fused-ring (bicyclic) bond motifs is 1.